The zero-order valence-corrected chi connectivity index (χ0v) is 23.0. The van der Waals surface area contributed by atoms with Crippen LogP contribution < -0.4 is 16.0 Å². The van der Waals surface area contributed by atoms with E-state index in [1.165, 1.54) is 18.6 Å². The van der Waals surface area contributed by atoms with Gasteiger partial charge in [-0.15, -0.1) is 0 Å². The number of rotatable bonds is 7. The van der Waals surface area contributed by atoms with Crippen molar-refractivity contribution in [3.8, 4) is 0 Å². The number of alkyl carbamates (subject to hydrolysis) is 1. The fourth-order valence-corrected chi connectivity index (χ4v) is 7.44. The third kappa shape index (κ3) is 6.25. The molecule has 0 aromatic heterocycles. The zero-order chi connectivity index (χ0) is 29.3. The maximum atomic E-state index is 13.5. The minimum absolute atomic E-state index is 0.0969. The number of hydrogen-bond donors (Lipinski definition) is 3. The summed E-state index contributed by atoms with van der Waals surface area (Å²) in [7, 11) is 0. The molecular formula is C33H34F3N3O3. The number of amides is 3. The molecule has 6 nitrogen and oxygen atoms in total. The second-order valence-corrected chi connectivity index (χ2v) is 11.9. The van der Waals surface area contributed by atoms with Gasteiger partial charge in [-0.2, -0.15) is 13.2 Å². The van der Waals surface area contributed by atoms with Gasteiger partial charge in [0.25, 0.3) is 0 Å². The van der Waals surface area contributed by atoms with Crippen molar-refractivity contribution >= 4 is 17.8 Å². The number of carbonyl (C=O) groups is 2. The first-order chi connectivity index (χ1) is 20.2. The van der Waals surface area contributed by atoms with E-state index in [4.69, 9.17) is 4.74 Å². The zero-order valence-electron chi connectivity index (χ0n) is 23.0. The number of urea groups is 1. The molecule has 4 bridgehead atoms. The Hall–Kier alpha value is -4.01. The third-order valence-electron chi connectivity index (χ3n) is 9.06. The fraction of sp³-hybridized carbons (Fsp3) is 0.394. The molecule has 0 saturated heterocycles. The minimum Gasteiger partial charge on any atom is -0.446 e. The lowest BCUT2D eigenvalue weighted by Crippen LogP contribution is -2.51. The molecule has 42 heavy (non-hydrogen) atoms. The van der Waals surface area contributed by atoms with Crippen LogP contribution in [0.4, 0.5) is 28.4 Å². The van der Waals surface area contributed by atoms with Gasteiger partial charge in [0.05, 0.1) is 17.6 Å². The Balaban J connectivity index is 1.22. The van der Waals surface area contributed by atoms with Gasteiger partial charge in [0.1, 0.15) is 6.10 Å². The van der Waals surface area contributed by atoms with Crippen LogP contribution in [0.3, 0.4) is 0 Å². The van der Waals surface area contributed by atoms with Crippen molar-refractivity contribution in [2.24, 2.45) is 23.7 Å². The molecule has 3 N–H and O–H groups in total. The Morgan fingerprint density at radius 1 is 0.690 bits per heavy atom. The van der Waals surface area contributed by atoms with Crippen molar-refractivity contribution in [3.05, 3.63) is 102 Å². The molecule has 7 rings (SSSR count). The van der Waals surface area contributed by atoms with Gasteiger partial charge in [-0.05, 0) is 91.2 Å². The molecule has 3 amide bonds. The van der Waals surface area contributed by atoms with Gasteiger partial charge in [-0.3, -0.25) is 0 Å². The lowest BCUT2D eigenvalue weighted by atomic mass is 9.55. The van der Waals surface area contributed by atoms with Crippen LogP contribution in [0, 0.1) is 23.7 Å². The molecule has 0 radical (unpaired) electrons. The van der Waals surface area contributed by atoms with E-state index in [-0.39, 0.29) is 11.8 Å². The van der Waals surface area contributed by atoms with Gasteiger partial charge in [-0.25, -0.2) is 9.59 Å². The standard InChI is InChI=1S/C33H34F3N3O3/c34-33(35,36)26-11-13-27(14-12-26)37-31(40)38-28(22-7-3-1-4-8-22)29(23-9-5-2-6-10-23)39-32(41)42-30-24-16-20-15-21(18-24)19-25(30)17-20/h1-14,20-21,24-25,28-30H,15-19H2,(H,39,41)(H2,37,38,40). The molecule has 220 valence electrons. The molecule has 0 heterocycles. The number of anilines is 1. The van der Waals surface area contributed by atoms with Gasteiger partial charge in [0.15, 0.2) is 0 Å². The van der Waals surface area contributed by atoms with Crippen molar-refractivity contribution in [2.75, 3.05) is 5.32 Å². The summed E-state index contributed by atoms with van der Waals surface area (Å²) in [5.74, 6) is 2.31. The van der Waals surface area contributed by atoms with E-state index < -0.39 is 35.9 Å². The molecule has 3 aromatic rings. The van der Waals surface area contributed by atoms with Crippen LogP contribution in [-0.2, 0) is 10.9 Å². The number of alkyl halides is 3. The maximum absolute atomic E-state index is 13.5. The van der Waals surface area contributed by atoms with Crippen LogP contribution in [0.15, 0.2) is 84.9 Å². The van der Waals surface area contributed by atoms with E-state index in [1.54, 1.807) is 0 Å². The SMILES string of the molecule is O=C(Nc1ccc(C(F)(F)F)cc1)NC(c1ccccc1)C(NC(=O)OC1C2CC3CC(C2)CC1C3)c1ccccc1. The second-order valence-electron chi connectivity index (χ2n) is 11.9. The van der Waals surface area contributed by atoms with E-state index in [0.717, 1.165) is 60.8 Å². The molecule has 9 heteroatoms. The van der Waals surface area contributed by atoms with Crippen molar-refractivity contribution in [2.45, 2.75) is 56.5 Å². The molecule has 4 saturated carbocycles. The van der Waals surface area contributed by atoms with Gasteiger partial charge < -0.3 is 20.7 Å². The average molecular weight is 578 g/mol. The average Bonchev–Trinajstić information content (AvgIpc) is 2.97. The van der Waals surface area contributed by atoms with Crippen molar-refractivity contribution < 1.29 is 27.5 Å². The Morgan fingerprint density at radius 2 is 1.19 bits per heavy atom. The summed E-state index contributed by atoms with van der Waals surface area (Å²) in [5, 5.41) is 8.62. The summed E-state index contributed by atoms with van der Waals surface area (Å²) in [4.78, 5) is 26.7. The van der Waals surface area contributed by atoms with Gasteiger partial charge in [0, 0.05) is 5.69 Å². The van der Waals surface area contributed by atoms with Crippen molar-refractivity contribution in [3.63, 3.8) is 0 Å². The van der Waals surface area contributed by atoms with E-state index in [9.17, 15) is 22.8 Å². The van der Waals surface area contributed by atoms with Crippen LogP contribution in [0.2, 0.25) is 0 Å². The van der Waals surface area contributed by atoms with Crippen LogP contribution in [0.1, 0.15) is 60.9 Å². The summed E-state index contributed by atoms with van der Waals surface area (Å²) in [6, 6.07) is 20.8. The molecule has 4 fully saturated rings. The van der Waals surface area contributed by atoms with E-state index in [2.05, 4.69) is 16.0 Å². The number of hydrogen-bond acceptors (Lipinski definition) is 3. The quantitative estimate of drug-likeness (QED) is 0.268. The highest BCUT2D eigenvalue weighted by molar-refractivity contribution is 5.89. The highest BCUT2D eigenvalue weighted by atomic mass is 19.4. The molecular weight excluding hydrogens is 543 g/mol. The van der Waals surface area contributed by atoms with Crippen molar-refractivity contribution in [1.82, 2.24) is 10.6 Å². The number of carbonyl (C=O) groups excluding carboxylic acids is 2. The Kier molecular flexibility index (Phi) is 7.84. The minimum atomic E-state index is -4.47. The highest BCUT2D eigenvalue weighted by Gasteiger charge is 2.50. The van der Waals surface area contributed by atoms with Crippen molar-refractivity contribution in [1.29, 1.82) is 0 Å². The topological polar surface area (TPSA) is 79.5 Å². The summed E-state index contributed by atoms with van der Waals surface area (Å²) < 4.78 is 45.1. The number of benzene rings is 3. The molecule has 4 aliphatic rings. The van der Waals surface area contributed by atoms with Gasteiger partial charge >= 0.3 is 18.3 Å². The maximum Gasteiger partial charge on any atom is 0.416 e. The Labute approximate surface area is 243 Å². The fourth-order valence-electron chi connectivity index (χ4n) is 7.44. The lowest BCUT2D eigenvalue weighted by molar-refractivity contribution is -0.137. The molecule has 4 aliphatic carbocycles. The normalized spacial score (nSPS) is 25.7. The monoisotopic (exact) mass is 577 g/mol. The first-order valence-corrected chi connectivity index (χ1v) is 14.5. The van der Waals surface area contributed by atoms with Gasteiger partial charge in [-0.1, -0.05) is 60.7 Å². The Bertz CT molecular complexity index is 1350. The molecule has 3 aromatic carbocycles. The molecule has 2 atom stereocenters. The number of ether oxygens (including phenoxy) is 1. The Morgan fingerprint density at radius 3 is 1.69 bits per heavy atom. The molecule has 2 unspecified atom stereocenters. The summed E-state index contributed by atoms with van der Waals surface area (Å²) in [5.41, 5.74) is 0.909. The van der Waals surface area contributed by atoms with E-state index in [1.807, 2.05) is 60.7 Å². The highest BCUT2D eigenvalue weighted by Crippen LogP contribution is 2.54. The predicted octanol–water partition coefficient (Wildman–Crippen LogP) is 7.86. The van der Waals surface area contributed by atoms with Gasteiger partial charge in [0.2, 0.25) is 0 Å². The lowest BCUT2D eigenvalue weighted by Gasteiger charge is -2.53. The van der Waals surface area contributed by atoms with Crippen LogP contribution in [0.25, 0.3) is 0 Å². The third-order valence-corrected chi connectivity index (χ3v) is 9.06. The van der Waals surface area contributed by atoms with E-state index >= 15 is 0 Å². The second kappa shape index (κ2) is 11.7. The van der Waals surface area contributed by atoms with Crippen LogP contribution in [0.5, 0.6) is 0 Å². The largest absolute Gasteiger partial charge is 0.446 e. The summed E-state index contributed by atoms with van der Waals surface area (Å²) in [6.07, 6.45) is 0.681. The predicted molar refractivity (Wildman–Crippen MR) is 152 cm³/mol. The smallest absolute Gasteiger partial charge is 0.416 e. The first kappa shape index (κ1) is 28.1. The summed E-state index contributed by atoms with van der Waals surface area (Å²) in [6.45, 7) is 0. The molecule has 0 spiro atoms. The molecule has 0 aliphatic heterocycles. The van der Waals surface area contributed by atoms with Crippen LogP contribution >= 0.6 is 0 Å². The number of nitrogens with one attached hydrogen (secondary N) is 3. The summed E-state index contributed by atoms with van der Waals surface area (Å²) >= 11 is 0. The van der Waals surface area contributed by atoms with E-state index in [0.29, 0.717) is 11.8 Å². The number of halogens is 3. The first-order valence-electron chi connectivity index (χ1n) is 14.5. The van der Waals surface area contributed by atoms with Crippen LogP contribution in [-0.4, -0.2) is 18.2 Å².